The molecule has 0 amide bonds. The Balaban J connectivity index is 2.58. The molecule has 2 N–H and O–H groups in total. The van der Waals surface area contributed by atoms with Crippen LogP contribution in [0.15, 0.2) is 29.1 Å². The van der Waals surface area contributed by atoms with Crippen molar-refractivity contribution in [2.24, 2.45) is 5.73 Å². The average Bonchev–Trinajstić information content (AvgIpc) is 2.60. The van der Waals surface area contributed by atoms with Crippen molar-refractivity contribution < 1.29 is 9.21 Å². The fourth-order valence-corrected chi connectivity index (χ4v) is 1.31. The molecule has 2 aromatic rings. The maximum Gasteiger partial charge on any atom is 0.183 e. The second kappa shape index (κ2) is 3.23. The summed E-state index contributed by atoms with van der Waals surface area (Å²) in [7, 11) is 0. The number of pyridine rings is 1. The van der Waals surface area contributed by atoms with Gasteiger partial charge in [-0.25, -0.2) is 0 Å². The number of rotatable bonds is 2. The summed E-state index contributed by atoms with van der Waals surface area (Å²) in [5.74, 6) is -0.128. The number of hydrogen-bond acceptors (Lipinski definition) is 4. The van der Waals surface area contributed by atoms with E-state index in [1.165, 1.54) is 6.26 Å². The number of hydrogen-bond donors (Lipinski definition) is 1. The molecule has 4 nitrogen and oxygen atoms in total. The quantitative estimate of drug-likeness (QED) is 0.726. The van der Waals surface area contributed by atoms with Gasteiger partial charge in [0, 0.05) is 17.8 Å². The van der Waals surface area contributed by atoms with E-state index < -0.39 is 6.04 Å². The molecule has 0 aromatic carbocycles. The summed E-state index contributed by atoms with van der Waals surface area (Å²) in [4.78, 5) is 15.5. The number of aromatic nitrogens is 1. The molecule has 1 atom stereocenters. The highest BCUT2D eigenvalue weighted by Gasteiger charge is 2.16. The summed E-state index contributed by atoms with van der Waals surface area (Å²) >= 11 is 0. The predicted octanol–water partition coefficient (Wildman–Crippen LogP) is 1.36. The van der Waals surface area contributed by atoms with Crippen molar-refractivity contribution in [2.45, 2.75) is 13.0 Å². The summed E-state index contributed by atoms with van der Waals surface area (Å²) in [6, 6.07) is 1.20. The van der Waals surface area contributed by atoms with E-state index in [1.807, 2.05) is 0 Å². The zero-order valence-corrected chi connectivity index (χ0v) is 7.73. The first-order chi connectivity index (χ1) is 6.70. The van der Waals surface area contributed by atoms with Crippen LogP contribution >= 0.6 is 0 Å². The standard InChI is InChI=1S/C10H10N2O2/c1-6(11)10(13)8-5-14-9-2-3-12-4-7(8)9/h2-6H,11H2,1H3. The average molecular weight is 190 g/mol. The third-order valence-corrected chi connectivity index (χ3v) is 2.05. The second-order valence-corrected chi connectivity index (χ2v) is 3.17. The fraction of sp³-hybridized carbons (Fsp3) is 0.200. The van der Waals surface area contributed by atoms with Gasteiger partial charge in [0.15, 0.2) is 5.78 Å². The zero-order valence-electron chi connectivity index (χ0n) is 7.73. The van der Waals surface area contributed by atoms with Crippen molar-refractivity contribution in [3.63, 3.8) is 0 Å². The Morgan fingerprint density at radius 2 is 2.43 bits per heavy atom. The van der Waals surface area contributed by atoms with E-state index in [-0.39, 0.29) is 5.78 Å². The molecular formula is C10H10N2O2. The molecule has 0 radical (unpaired) electrons. The fourth-order valence-electron chi connectivity index (χ4n) is 1.31. The van der Waals surface area contributed by atoms with Crippen molar-refractivity contribution in [3.8, 4) is 0 Å². The van der Waals surface area contributed by atoms with Crippen LogP contribution in [0.25, 0.3) is 11.0 Å². The van der Waals surface area contributed by atoms with E-state index >= 15 is 0 Å². The monoisotopic (exact) mass is 190 g/mol. The van der Waals surface area contributed by atoms with Crippen molar-refractivity contribution in [2.75, 3.05) is 0 Å². The van der Waals surface area contributed by atoms with Gasteiger partial charge in [-0.2, -0.15) is 0 Å². The maximum atomic E-state index is 11.6. The van der Waals surface area contributed by atoms with Gasteiger partial charge in [0.1, 0.15) is 11.8 Å². The molecule has 4 heteroatoms. The Morgan fingerprint density at radius 1 is 1.64 bits per heavy atom. The first-order valence-corrected chi connectivity index (χ1v) is 4.31. The van der Waals surface area contributed by atoms with Crippen LogP contribution in [0, 0.1) is 0 Å². The van der Waals surface area contributed by atoms with Gasteiger partial charge < -0.3 is 10.2 Å². The molecule has 0 fully saturated rings. The Hall–Kier alpha value is -1.68. The number of nitrogens with zero attached hydrogens (tertiary/aromatic N) is 1. The molecule has 2 heterocycles. The van der Waals surface area contributed by atoms with Crippen LogP contribution in [0.4, 0.5) is 0 Å². The van der Waals surface area contributed by atoms with E-state index in [4.69, 9.17) is 10.2 Å². The number of fused-ring (bicyclic) bond motifs is 1. The van der Waals surface area contributed by atoms with Crippen LogP contribution in [0.5, 0.6) is 0 Å². The topological polar surface area (TPSA) is 69.1 Å². The number of nitrogens with two attached hydrogens (primary N) is 1. The highest BCUT2D eigenvalue weighted by molar-refractivity contribution is 6.09. The third-order valence-electron chi connectivity index (χ3n) is 2.05. The van der Waals surface area contributed by atoms with Gasteiger partial charge in [-0.15, -0.1) is 0 Å². The second-order valence-electron chi connectivity index (χ2n) is 3.17. The summed E-state index contributed by atoms with van der Waals surface area (Å²) in [6.07, 6.45) is 4.65. The molecule has 72 valence electrons. The van der Waals surface area contributed by atoms with Gasteiger partial charge in [-0.05, 0) is 13.0 Å². The van der Waals surface area contributed by atoms with Crippen molar-refractivity contribution in [3.05, 3.63) is 30.3 Å². The van der Waals surface area contributed by atoms with Crippen molar-refractivity contribution >= 4 is 16.8 Å². The minimum absolute atomic E-state index is 0.128. The number of ketones is 1. The van der Waals surface area contributed by atoms with Gasteiger partial charge in [0.2, 0.25) is 0 Å². The molecule has 0 saturated heterocycles. The van der Waals surface area contributed by atoms with Crippen molar-refractivity contribution in [1.82, 2.24) is 4.98 Å². The number of Topliss-reactive ketones (excluding diaryl/α,β-unsaturated/α-hetero) is 1. The van der Waals surface area contributed by atoms with Gasteiger partial charge in [0.05, 0.1) is 11.6 Å². The van der Waals surface area contributed by atoms with Crippen LogP contribution in [0.3, 0.4) is 0 Å². The predicted molar refractivity (Wildman–Crippen MR) is 52.0 cm³/mol. The summed E-state index contributed by atoms with van der Waals surface area (Å²) < 4.78 is 5.20. The van der Waals surface area contributed by atoms with E-state index in [9.17, 15) is 4.79 Å². The number of furan rings is 1. The minimum Gasteiger partial charge on any atom is -0.463 e. The van der Waals surface area contributed by atoms with E-state index in [0.29, 0.717) is 11.1 Å². The van der Waals surface area contributed by atoms with Gasteiger partial charge in [-0.3, -0.25) is 9.78 Å². The van der Waals surface area contributed by atoms with Crippen LogP contribution in [0.2, 0.25) is 0 Å². The highest BCUT2D eigenvalue weighted by atomic mass is 16.3. The van der Waals surface area contributed by atoms with Crippen molar-refractivity contribution in [1.29, 1.82) is 0 Å². The normalized spacial score (nSPS) is 13.0. The van der Waals surface area contributed by atoms with E-state index in [1.54, 1.807) is 25.4 Å². The molecule has 0 bridgehead atoms. The molecule has 0 spiro atoms. The van der Waals surface area contributed by atoms with Crippen LogP contribution in [-0.2, 0) is 0 Å². The first-order valence-electron chi connectivity index (χ1n) is 4.31. The van der Waals surface area contributed by atoms with Gasteiger partial charge in [0.25, 0.3) is 0 Å². The van der Waals surface area contributed by atoms with E-state index in [0.717, 1.165) is 5.39 Å². The summed E-state index contributed by atoms with van der Waals surface area (Å²) in [5.41, 5.74) is 6.67. The van der Waals surface area contributed by atoms with Crippen LogP contribution in [-0.4, -0.2) is 16.8 Å². The lowest BCUT2D eigenvalue weighted by Gasteiger charge is -2.00. The van der Waals surface area contributed by atoms with Gasteiger partial charge >= 0.3 is 0 Å². The van der Waals surface area contributed by atoms with Crippen LogP contribution < -0.4 is 5.73 Å². The first kappa shape index (κ1) is 8.90. The van der Waals surface area contributed by atoms with Crippen LogP contribution in [0.1, 0.15) is 17.3 Å². The van der Waals surface area contributed by atoms with E-state index in [2.05, 4.69) is 4.98 Å². The Labute approximate surface area is 80.7 Å². The molecule has 0 aliphatic heterocycles. The molecule has 2 aromatic heterocycles. The lowest BCUT2D eigenvalue weighted by molar-refractivity contribution is 0.0968. The largest absolute Gasteiger partial charge is 0.463 e. The molecule has 0 aliphatic rings. The maximum absolute atomic E-state index is 11.6. The molecular weight excluding hydrogens is 180 g/mol. The molecule has 2 rings (SSSR count). The summed E-state index contributed by atoms with van der Waals surface area (Å²) in [6.45, 7) is 1.65. The SMILES string of the molecule is CC(N)C(=O)c1coc2ccncc12. The third kappa shape index (κ3) is 1.29. The highest BCUT2D eigenvalue weighted by Crippen LogP contribution is 2.20. The smallest absolute Gasteiger partial charge is 0.183 e. The number of carbonyl (C=O) groups excluding carboxylic acids is 1. The Kier molecular flexibility index (Phi) is 2.05. The number of carbonyl (C=O) groups is 1. The van der Waals surface area contributed by atoms with Gasteiger partial charge in [-0.1, -0.05) is 0 Å². The molecule has 0 saturated carbocycles. The Bertz CT molecular complexity index is 474. The Morgan fingerprint density at radius 3 is 3.14 bits per heavy atom. The summed E-state index contributed by atoms with van der Waals surface area (Å²) in [5, 5.41) is 0.717. The molecule has 0 aliphatic carbocycles. The lowest BCUT2D eigenvalue weighted by Crippen LogP contribution is -2.26. The minimum atomic E-state index is -0.518. The molecule has 14 heavy (non-hydrogen) atoms. The molecule has 1 unspecified atom stereocenters. The zero-order chi connectivity index (χ0) is 10.1. The lowest BCUT2D eigenvalue weighted by atomic mass is 10.1.